The number of primary sulfonamides is 1. The summed E-state index contributed by atoms with van der Waals surface area (Å²) < 4.78 is 24.2. The number of nitrogens with zero attached hydrogens (tertiary/aromatic N) is 2. The number of imidazole rings is 1. The summed E-state index contributed by atoms with van der Waals surface area (Å²) in [6, 6.07) is 3.30. The zero-order valence-corrected chi connectivity index (χ0v) is 10.2. The number of pyridine rings is 1. The predicted molar refractivity (Wildman–Crippen MR) is 63.2 cm³/mol. The van der Waals surface area contributed by atoms with E-state index >= 15 is 0 Å². The van der Waals surface area contributed by atoms with Crippen molar-refractivity contribution in [3.05, 3.63) is 30.4 Å². The number of hydrogen-bond acceptors (Lipinski definition) is 3. The predicted octanol–water partition coefficient (Wildman–Crippen LogP) is 1.03. The highest BCUT2D eigenvalue weighted by molar-refractivity contribution is 7.89. The molecule has 1 aliphatic rings. The molecule has 2 aromatic rings. The minimum absolute atomic E-state index is 0.106. The Bertz CT molecular complexity index is 699. The maximum atomic E-state index is 11.2. The van der Waals surface area contributed by atoms with Crippen LogP contribution in [0.5, 0.6) is 0 Å². The Morgan fingerprint density at radius 2 is 2.12 bits per heavy atom. The van der Waals surface area contributed by atoms with Gasteiger partial charge >= 0.3 is 0 Å². The molecule has 0 unspecified atom stereocenters. The molecule has 1 aliphatic carbocycles. The first-order valence-corrected chi connectivity index (χ1v) is 6.95. The topological polar surface area (TPSA) is 77.5 Å². The minimum Gasteiger partial charge on any atom is -0.305 e. The van der Waals surface area contributed by atoms with Gasteiger partial charge < -0.3 is 4.40 Å². The molecule has 5 nitrogen and oxygen atoms in total. The zero-order valence-electron chi connectivity index (χ0n) is 9.42. The van der Waals surface area contributed by atoms with E-state index in [0.717, 1.165) is 24.1 Å². The van der Waals surface area contributed by atoms with Crippen LogP contribution in [0.15, 0.2) is 29.6 Å². The van der Waals surface area contributed by atoms with Crippen LogP contribution in [0.4, 0.5) is 0 Å². The van der Waals surface area contributed by atoms with E-state index in [1.54, 1.807) is 16.8 Å². The van der Waals surface area contributed by atoms with Gasteiger partial charge in [0.15, 0.2) is 0 Å². The summed E-state index contributed by atoms with van der Waals surface area (Å²) in [6.45, 7) is 2.17. The van der Waals surface area contributed by atoms with Crippen molar-refractivity contribution in [2.75, 3.05) is 0 Å². The van der Waals surface area contributed by atoms with E-state index in [0.29, 0.717) is 0 Å². The van der Waals surface area contributed by atoms with Crippen molar-refractivity contribution in [3.8, 4) is 0 Å². The third kappa shape index (κ3) is 1.64. The molecule has 3 rings (SSSR count). The Morgan fingerprint density at radius 3 is 2.71 bits per heavy atom. The molecular weight excluding hydrogens is 238 g/mol. The lowest BCUT2D eigenvalue weighted by atomic mass is 10.0. The quantitative estimate of drug-likeness (QED) is 0.866. The SMILES string of the molecule is CC1(c2ncn3cc(S(N)(=O)=O)ccc23)CC1. The van der Waals surface area contributed by atoms with Crippen LogP contribution in [0.2, 0.25) is 0 Å². The fourth-order valence-corrected chi connectivity index (χ4v) is 2.56. The number of fused-ring (bicyclic) bond motifs is 1. The number of nitrogens with two attached hydrogens (primary N) is 1. The second-order valence-electron chi connectivity index (χ2n) is 4.86. The van der Waals surface area contributed by atoms with E-state index in [-0.39, 0.29) is 10.3 Å². The standard InChI is InChI=1S/C11H13N3O2S/c1-11(4-5-11)10-9-3-2-8(17(12,15)16)6-14(9)7-13-10/h2-3,6-7H,4-5H2,1H3,(H2,12,15,16). The molecule has 0 amide bonds. The Labute approximate surface area is 99.3 Å². The fourth-order valence-electron chi connectivity index (χ4n) is 2.04. The molecule has 2 aromatic heterocycles. The van der Waals surface area contributed by atoms with Crippen molar-refractivity contribution in [2.45, 2.75) is 30.1 Å². The molecule has 0 radical (unpaired) electrons. The van der Waals surface area contributed by atoms with Crippen molar-refractivity contribution in [2.24, 2.45) is 5.14 Å². The lowest BCUT2D eigenvalue weighted by molar-refractivity contribution is 0.597. The van der Waals surface area contributed by atoms with Crippen LogP contribution in [0.3, 0.4) is 0 Å². The lowest BCUT2D eigenvalue weighted by Gasteiger charge is -2.05. The molecule has 6 heteroatoms. The van der Waals surface area contributed by atoms with Gasteiger partial charge in [0.2, 0.25) is 10.0 Å². The lowest BCUT2D eigenvalue weighted by Crippen LogP contribution is -2.12. The molecule has 90 valence electrons. The minimum atomic E-state index is -3.65. The van der Waals surface area contributed by atoms with Crippen molar-refractivity contribution in [3.63, 3.8) is 0 Å². The molecule has 1 fully saturated rings. The molecule has 2 heterocycles. The third-order valence-electron chi connectivity index (χ3n) is 3.40. The van der Waals surface area contributed by atoms with E-state index in [4.69, 9.17) is 5.14 Å². The van der Waals surface area contributed by atoms with Gasteiger partial charge in [0.05, 0.1) is 22.4 Å². The zero-order chi connectivity index (χ0) is 12.3. The Balaban J connectivity index is 2.21. The van der Waals surface area contributed by atoms with Gasteiger partial charge in [0.25, 0.3) is 0 Å². The maximum absolute atomic E-state index is 11.2. The first-order chi connectivity index (χ1) is 7.90. The van der Waals surface area contributed by atoms with Crippen LogP contribution in [0.25, 0.3) is 5.52 Å². The first-order valence-electron chi connectivity index (χ1n) is 5.40. The summed E-state index contributed by atoms with van der Waals surface area (Å²) >= 11 is 0. The smallest absolute Gasteiger partial charge is 0.239 e. The molecule has 2 N–H and O–H groups in total. The summed E-state index contributed by atoms with van der Waals surface area (Å²) in [6.07, 6.45) is 5.42. The number of aromatic nitrogens is 2. The van der Waals surface area contributed by atoms with Gasteiger partial charge in [-0.2, -0.15) is 0 Å². The Hall–Kier alpha value is -1.40. The van der Waals surface area contributed by atoms with Crippen LogP contribution in [0, 0.1) is 0 Å². The van der Waals surface area contributed by atoms with E-state index < -0.39 is 10.0 Å². The Morgan fingerprint density at radius 1 is 1.41 bits per heavy atom. The van der Waals surface area contributed by atoms with Crippen molar-refractivity contribution >= 4 is 15.5 Å². The van der Waals surface area contributed by atoms with Crippen molar-refractivity contribution in [1.29, 1.82) is 0 Å². The summed E-state index contributed by atoms with van der Waals surface area (Å²) in [5, 5.41) is 5.09. The first kappa shape index (κ1) is 10.7. The second kappa shape index (κ2) is 3.08. The van der Waals surface area contributed by atoms with Gasteiger partial charge in [-0.3, -0.25) is 0 Å². The van der Waals surface area contributed by atoms with Crippen LogP contribution < -0.4 is 5.14 Å². The van der Waals surface area contributed by atoms with Gasteiger partial charge in [0, 0.05) is 11.6 Å². The molecule has 1 saturated carbocycles. The van der Waals surface area contributed by atoms with E-state index in [2.05, 4.69) is 11.9 Å². The average molecular weight is 251 g/mol. The van der Waals surface area contributed by atoms with Crippen molar-refractivity contribution in [1.82, 2.24) is 9.38 Å². The van der Waals surface area contributed by atoms with Crippen molar-refractivity contribution < 1.29 is 8.42 Å². The molecule has 17 heavy (non-hydrogen) atoms. The van der Waals surface area contributed by atoms with Crippen LogP contribution in [-0.2, 0) is 15.4 Å². The molecule has 0 aromatic carbocycles. The average Bonchev–Trinajstić information content (AvgIpc) is 2.85. The summed E-state index contributed by atoms with van der Waals surface area (Å²) in [5.41, 5.74) is 2.16. The van der Waals surface area contributed by atoms with Gasteiger partial charge in [-0.25, -0.2) is 18.5 Å². The highest BCUT2D eigenvalue weighted by Gasteiger charge is 2.42. The van der Waals surface area contributed by atoms with Gasteiger partial charge in [-0.1, -0.05) is 6.92 Å². The van der Waals surface area contributed by atoms with Crippen LogP contribution in [0.1, 0.15) is 25.5 Å². The molecule has 0 aliphatic heterocycles. The summed E-state index contributed by atoms with van der Waals surface area (Å²) in [4.78, 5) is 4.49. The van der Waals surface area contributed by atoms with Gasteiger partial charge in [0.1, 0.15) is 0 Å². The molecule has 0 bridgehead atoms. The molecule has 0 saturated heterocycles. The van der Waals surface area contributed by atoms with E-state index in [9.17, 15) is 8.42 Å². The van der Waals surface area contributed by atoms with Gasteiger partial charge in [-0.05, 0) is 25.0 Å². The van der Waals surface area contributed by atoms with Gasteiger partial charge in [-0.15, -0.1) is 0 Å². The summed E-state index contributed by atoms with van der Waals surface area (Å²) in [7, 11) is -3.65. The number of rotatable bonds is 2. The molecular formula is C11H13N3O2S. The van der Waals surface area contributed by atoms with Crippen LogP contribution in [-0.4, -0.2) is 17.8 Å². The summed E-state index contributed by atoms with van der Waals surface area (Å²) in [5.74, 6) is 0. The van der Waals surface area contributed by atoms with Crippen LogP contribution >= 0.6 is 0 Å². The normalized spacial score (nSPS) is 18.5. The van der Waals surface area contributed by atoms with E-state index in [1.165, 1.54) is 12.3 Å². The largest absolute Gasteiger partial charge is 0.305 e. The molecule has 0 atom stereocenters. The molecule has 0 spiro atoms. The second-order valence-corrected chi connectivity index (χ2v) is 6.42. The monoisotopic (exact) mass is 251 g/mol. The fraction of sp³-hybridized carbons (Fsp3) is 0.364. The number of hydrogen-bond donors (Lipinski definition) is 1. The highest BCUT2D eigenvalue weighted by atomic mass is 32.2. The number of sulfonamides is 1. The Kier molecular flexibility index (Phi) is 1.95. The van der Waals surface area contributed by atoms with E-state index in [1.807, 2.05) is 0 Å². The maximum Gasteiger partial charge on any atom is 0.239 e. The highest BCUT2D eigenvalue weighted by Crippen LogP contribution is 2.48. The third-order valence-corrected chi connectivity index (χ3v) is 4.30.